The minimum atomic E-state index is -4.49. The van der Waals surface area contributed by atoms with Gasteiger partial charge in [0.2, 0.25) is 0 Å². The highest BCUT2D eigenvalue weighted by atomic mass is 19.4. The molecule has 0 aliphatic rings. The van der Waals surface area contributed by atoms with Crippen molar-refractivity contribution in [1.29, 1.82) is 5.41 Å². The number of hydrogen-bond donors (Lipinski definition) is 3. The van der Waals surface area contributed by atoms with Gasteiger partial charge < -0.3 is 15.7 Å². The molecule has 0 spiro atoms. The summed E-state index contributed by atoms with van der Waals surface area (Å²) in [5, 5.41) is 17.2. The molecule has 0 aromatic heterocycles. The van der Waals surface area contributed by atoms with E-state index in [0.29, 0.717) is 5.69 Å². The van der Waals surface area contributed by atoms with Crippen molar-refractivity contribution in [2.45, 2.75) is 25.6 Å². The molecule has 7 heteroatoms. The number of amidine groups is 1. The maximum Gasteiger partial charge on any atom is 0.416 e. The van der Waals surface area contributed by atoms with Gasteiger partial charge in [-0.2, -0.15) is 13.2 Å². The lowest BCUT2D eigenvalue weighted by atomic mass is 10.0. The topological polar surface area (TPSA) is 73.3 Å². The Bertz CT molecular complexity index is 507. The van der Waals surface area contributed by atoms with Gasteiger partial charge in [-0.3, -0.25) is 5.41 Å². The largest absolute Gasteiger partial charge is 0.416 e. The molecule has 1 rings (SSSR count). The van der Waals surface area contributed by atoms with E-state index in [4.69, 9.17) is 11.1 Å². The quantitative estimate of drug-likeness (QED) is 0.587. The van der Waals surface area contributed by atoms with Gasteiger partial charge in [0, 0.05) is 24.8 Å². The molecule has 1 aromatic carbocycles. The zero-order chi connectivity index (χ0) is 15.7. The van der Waals surface area contributed by atoms with Crippen molar-refractivity contribution in [2.75, 3.05) is 18.5 Å². The van der Waals surface area contributed by atoms with Gasteiger partial charge in [0.05, 0.1) is 11.2 Å². The summed E-state index contributed by atoms with van der Waals surface area (Å²) >= 11 is 0. The predicted molar refractivity (Wildman–Crippen MR) is 72.0 cm³/mol. The van der Waals surface area contributed by atoms with Crippen LogP contribution in [-0.2, 0) is 6.18 Å². The summed E-state index contributed by atoms with van der Waals surface area (Å²) in [6, 6.07) is 3.03. The van der Waals surface area contributed by atoms with Crippen molar-refractivity contribution in [3.05, 3.63) is 29.3 Å². The van der Waals surface area contributed by atoms with Crippen LogP contribution in [0.1, 0.15) is 25.0 Å². The van der Waals surface area contributed by atoms with Crippen molar-refractivity contribution in [3.8, 4) is 0 Å². The Kier molecular flexibility index (Phi) is 4.33. The van der Waals surface area contributed by atoms with Crippen LogP contribution in [0.5, 0.6) is 0 Å². The van der Waals surface area contributed by atoms with E-state index in [9.17, 15) is 18.3 Å². The monoisotopic (exact) mass is 289 g/mol. The highest BCUT2D eigenvalue weighted by molar-refractivity contribution is 6.00. The van der Waals surface area contributed by atoms with Gasteiger partial charge in [-0.1, -0.05) is 0 Å². The maximum atomic E-state index is 12.7. The normalized spacial score (nSPS) is 12.3. The number of nitrogens with two attached hydrogens (primary N) is 1. The average Bonchev–Trinajstić information content (AvgIpc) is 2.24. The summed E-state index contributed by atoms with van der Waals surface area (Å²) in [4.78, 5) is 1.57. The molecule has 0 saturated carbocycles. The molecule has 0 radical (unpaired) electrons. The van der Waals surface area contributed by atoms with E-state index in [0.717, 1.165) is 12.1 Å². The molecule has 0 saturated heterocycles. The van der Waals surface area contributed by atoms with Gasteiger partial charge in [-0.15, -0.1) is 0 Å². The molecule has 20 heavy (non-hydrogen) atoms. The molecule has 0 aliphatic carbocycles. The van der Waals surface area contributed by atoms with Crippen LogP contribution in [-0.4, -0.2) is 30.1 Å². The van der Waals surface area contributed by atoms with Gasteiger partial charge in [0.1, 0.15) is 5.84 Å². The lowest BCUT2D eigenvalue weighted by Gasteiger charge is -2.29. The van der Waals surface area contributed by atoms with Crippen LogP contribution in [0.4, 0.5) is 18.9 Å². The number of halogens is 3. The fourth-order valence-corrected chi connectivity index (χ4v) is 1.93. The number of alkyl halides is 3. The zero-order valence-corrected chi connectivity index (χ0v) is 11.5. The van der Waals surface area contributed by atoms with Crippen LogP contribution in [0.15, 0.2) is 18.2 Å². The van der Waals surface area contributed by atoms with Crippen LogP contribution < -0.4 is 10.6 Å². The molecular weight excluding hydrogens is 271 g/mol. The molecule has 0 heterocycles. The summed E-state index contributed by atoms with van der Waals surface area (Å²) in [6.45, 7) is 3.36. The lowest BCUT2D eigenvalue weighted by molar-refractivity contribution is -0.137. The van der Waals surface area contributed by atoms with Crippen molar-refractivity contribution < 1.29 is 18.3 Å². The molecule has 0 fully saturated rings. The molecule has 0 aliphatic heterocycles. The Balaban J connectivity index is 3.24. The van der Waals surface area contributed by atoms with E-state index in [1.54, 1.807) is 25.8 Å². The van der Waals surface area contributed by atoms with Gasteiger partial charge in [-0.05, 0) is 32.0 Å². The second-order valence-electron chi connectivity index (χ2n) is 5.31. The highest BCUT2D eigenvalue weighted by Crippen LogP contribution is 2.32. The Morgan fingerprint density at radius 3 is 2.30 bits per heavy atom. The highest BCUT2D eigenvalue weighted by Gasteiger charge is 2.31. The van der Waals surface area contributed by atoms with E-state index in [-0.39, 0.29) is 12.1 Å². The number of anilines is 1. The number of benzene rings is 1. The Hall–Kier alpha value is -1.76. The third-order valence-electron chi connectivity index (χ3n) is 2.65. The van der Waals surface area contributed by atoms with E-state index in [1.807, 2.05) is 0 Å². The molecule has 0 unspecified atom stereocenters. The number of nitrogens with zero attached hydrogens (tertiary/aromatic N) is 1. The van der Waals surface area contributed by atoms with Crippen LogP contribution in [0.3, 0.4) is 0 Å². The smallest absolute Gasteiger partial charge is 0.389 e. The van der Waals surface area contributed by atoms with E-state index >= 15 is 0 Å². The minimum absolute atomic E-state index is 0.00780. The minimum Gasteiger partial charge on any atom is -0.389 e. The van der Waals surface area contributed by atoms with Crippen molar-refractivity contribution >= 4 is 11.5 Å². The summed E-state index contributed by atoms with van der Waals surface area (Å²) in [6.07, 6.45) is -4.49. The lowest BCUT2D eigenvalue weighted by Crippen LogP contribution is -2.37. The van der Waals surface area contributed by atoms with Crippen LogP contribution >= 0.6 is 0 Å². The summed E-state index contributed by atoms with van der Waals surface area (Å²) < 4.78 is 38.0. The Morgan fingerprint density at radius 2 is 1.90 bits per heavy atom. The third-order valence-corrected chi connectivity index (χ3v) is 2.65. The van der Waals surface area contributed by atoms with E-state index in [1.165, 1.54) is 6.07 Å². The summed E-state index contributed by atoms with van der Waals surface area (Å²) in [5.41, 5.74) is 3.83. The molecule has 1 aromatic rings. The van der Waals surface area contributed by atoms with Gasteiger partial charge in [-0.25, -0.2) is 0 Å². The first-order valence-corrected chi connectivity index (χ1v) is 5.91. The van der Waals surface area contributed by atoms with Crippen molar-refractivity contribution in [3.63, 3.8) is 0 Å². The number of aliphatic hydroxyl groups is 1. The fraction of sp³-hybridized carbons (Fsp3) is 0.462. The number of hydrogen-bond acceptors (Lipinski definition) is 3. The number of nitrogens with one attached hydrogen (secondary N) is 1. The zero-order valence-electron chi connectivity index (χ0n) is 11.5. The van der Waals surface area contributed by atoms with Gasteiger partial charge in [0.15, 0.2) is 0 Å². The van der Waals surface area contributed by atoms with Crippen LogP contribution in [0, 0.1) is 5.41 Å². The van der Waals surface area contributed by atoms with Crippen LogP contribution in [0.25, 0.3) is 0 Å². The molecule has 0 atom stereocenters. The molecular formula is C13H18F3N3O. The second-order valence-corrected chi connectivity index (χ2v) is 5.31. The first kappa shape index (κ1) is 16.3. The number of likely N-dealkylation sites (N-methyl/N-ethyl adjacent to an activating group) is 1. The van der Waals surface area contributed by atoms with Crippen molar-refractivity contribution in [2.24, 2.45) is 5.73 Å². The molecule has 4 N–H and O–H groups in total. The second kappa shape index (κ2) is 5.32. The fourth-order valence-electron chi connectivity index (χ4n) is 1.93. The first-order chi connectivity index (χ1) is 8.92. The molecule has 4 nitrogen and oxygen atoms in total. The van der Waals surface area contributed by atoms with Crippen molar-refractivity contribution in [1.82, 2.24) is 0 Å². The molecule has 0 amide bonds. The summed E-state index contributed by atoms with van der Waals surface area (Å²) in [5.74, 6) is -0.450. The molecule has 112 valence electrons. The Morgan fingerprint density at radius 1 is 1.35 bits per heavy atom. The standard InChI is InChI=1S/C13H18F3N3O/c1-12(2,20)7-19(3)10-5-4-8(13(14,15)16)6-9(10)11(17)18/h4-6,20H,7H2,1-3H3,(H3,17,18). The predicted octanol–water partition coefficient (Wildman–Crippen LogP) is 2.20. The third kappa shape index (κ3) is 4.12. The maximum absolute atomic E-state index is 12.7. The molecule has 0 bridgehead atoms. The Labute approximate surface area is 115 Å². The van der Waals surface area contributed by atoms with E-state index in [2.05, 4.69) is 0 Å². The first-order valence-electron chi connectivity index (χ1n) is 5.91. The average molecular weight is 289 g/mol. The van der Waals surface area contributed by atoms with Gasteiger partial charge in [0.25, 0.3) is 0 Å². The SMILES string of the molecule is CN(CC(C)(C)O)c1ccc(C(F)(F)F)cc1C(=N)N. The number of rotatable bonds is 4. The number of nitrogen functional groups attached to an aromatic ring is 1. The van der Waals surface area contributed by atoms with Gasteiger partial charge >= 0.3 is 6.18 Å². The summed E-state index contributed by atoms with van der Waals surface area (Å²) in [7, 11) is 1.62. The van der Waals surface area contributed by atoms with Crippen LogP contribution in [0.2, 0.25) is 0 Å². The van der Waals surface area contributed by atoms with E-state index < -0.39 is 23.2 Å².